The normalized spacial score (nSPS) is 19.6. The van der Waals surface area contributed by atoms with Crippen molar-refractivity contribution in [1.82, 2.24) is 0 Å². The third-order valence-corrected chi connectivity index (χ3v) is 3.73. The molecule has 0 aromatic heterocycles. The van der Waals surface area contributed by atoms with Crippen LogP contribution in [0.5, 0.6) is 0 Å². The molecule has 0 spiro atoms. The number of likely N-dealkylation sites (N-methyl/N-ethyl adjacent to an activating group) is 1. The number of anilines is 1. The van der Waals surface area contributed by atoms with Crippen molar-refractivity contribution < 1.29 is 9.13 Å². The van der Waals surface area contributed by atoms with Crippen molar-refractivity contribution in [3.63, 3.8) is 0 Å². The summed E-state index contributed by atoms with van der Waals surface area (Å²) in [4.78, 5) is 1.93. The quantitative estimate of drug-likeness (QED) is 0.791. The van der Waals surface area contributed by atoms with Crippen molar-refractivity contribution in [2.24, 2.45) is 0 Å². The molecule has 0 N–H and O–H groups in total. The van der Waals surface area contributed by atoms with Crippen molar-refractivity contribution in [3.8, 4) is 0 Å². The van der Waals surface area contributed by atoms with Gasteiger partial charge in [0.25, 0.3) is 0 Å². The second-order valence-corrected chi connectivity index (χ2v) is 5.00. The lowest BCUT2D eigenvalue weighted by Gasteiger charge is -2.23. The van der Waals surface area contributed by atoms with Gasteiger partial charge in [-0.3, -0.25) is 0 Å². The molecule has 1 saturated heterocycles. The van der Waals surface area contributed by atoms with Gasteiger partial charge in [-0.15, -0.1) is 0 Å². The van der Waals surface area contributed by atoms with Crippen LogP contribution in [0.4, 0.5) is 10.1 Å². The highest BCUT2D eigenvalue weighted by molar-refractivity contribution is 9.08. The fourth-order valence-corrected chi connectivity index (χ4v) is 2.48. The highest BCUT2D eigenvalue weighted by Crippen LogP contribution is 2.22. The van der Waals surface area contributed by atoms with Crippen LogP contribution in [0.2, 0.25) is 0 Å². The molecular formula is C13H17BrFNO. The first-order chi connectivity index (χ1) is 8.20. The summed E-state index contributed by atoms with van der Waals surface area (Å²) in [6.07, 6.45) is 2.44. The van der Waals surface area contributed by atoms with Gasteiger partial charge in [0.2, 0.25) is 0 Å². The molecular weight excluding hydrogens is 285 g/mol. The predicted molar refractivity (Wildman–Crippen MR) is 71.3 cm³/mol. The van der Waals surface area contributed by atoms with E-state index < -0.39 is 0 Å². The van der Waals surface area contributed by atoms with Crippen LogP contribution in [0.3, 0.4) is 0 Å². The second kappa shape index (κ2) is 5.83. The maximum absolute atomic E-state index is 13.9. The number of hydrogen-bond donors (Lipinski definition) is 0. The standard InChI is InChI=1S/C13H17BrFNO/c1-16(9-11-3-2-6-17-11)13-5-4-10(8-14)7-12(13)15/h4-5,7,11H,2-3,6,8-9H2,1H3. The first-order valence-corrected chi connectivity index (χ1v) is 7.00. The number of nitrogens with zero attached hydrogens (tertiary/aromatic N) is 1. The molecule has 4 heteroatoms. The summed E-state index contributed by atoms with van der Waals surface area (Å²) in [6, 6.07) is 5.36. The lowest BCUT2D eigenvalue weighted by Crippen LogP contribution is -2.29. The third-order valence-electron chi connectivity index (χ3n) is 3.08. The molecule has 2 nitrogen and oxygen atoms in total. The minimum absolute atomic E-state index is 0.164. The molecule has 0 amide bonds. The molecule has 0 saturated carbocycles. The summed E-state index contributed by atoms with van der Waals surface area (Å²) in [5.74, 6) is -0.164. The molecule has 1 unspecified atom stereocenters. The van der Waals surface area contributed by atoms with Crippen molar-refractivity contribution in [2.75, 3.05) is 25.1 Å². The Morgan fingerprint density at radius 3 is 2.94 bits per heavy atom. The SMILES string of the molecule is CN(CC1CCCO1)c1ccc(CBr)cc1F. The Kier molecular flexibility index (Phi) is 4.40. The van der Waals surface area contributed by atoms with Crippen molar-refractivity contribution in [3.05, 3.63) is 29.6 Å². The first kappa shape index (κ1) is 12.8. The van der Waals surface area contributed by atoms with E-state index in [-0.39, 0.29) is 11.9 Å². The van der Waals surface area contributed by atoms with Gasteiger partial charge >= 0.3 is 0 Å². The zero-order valence-electron chi connectivity index (χ0n) is 9.96. The molecule has 94 valence electrons. The number of halogens is 2. The Labute approximate surface area is 110 Å². The highest BCUT2D eigenvalue weighted by Gasteiger charge is 2.18. The summed E-state index contributed by atoms with van der Waals surface area (Å²) in [6.45, 7) is 1.59. The molecule has 1 aromatic carbocycles. The number of ether oxygens (including phenoxy) is 1. The molecule has 17 heavy (non-hydrogen) atoms. The maximum atomic E-state index is 13.9. The minimum atomic E-state index is -0.164. The molecule has 1 atom stereocenters. The Balaban J connectivity index is 2.04. The summed E-state index contributed by atoms with van der Waals surface area (Å²) in [7, 11) is 1.91. The van der Waals surface area contributed by atoms with E-state index in [9.17, 15) is 4.39 Å². The minimum Gasteiger partial charge on any atom is -0.376 e. The van der Waals surface area contributed by atoms with E-state index in [0.717, 1.165) is 31.6 Å². The molecule has 1 heterocycles. The molecule has 1 aliphatic rings. The van der Waals surface area contributed by atoms with Gasteiger partial charge in [0, 0.05) is 25.5 Å². The number of hydrogen-bond acceptors (Lipinski definition) is 2. The Bertz CT molecular complexity index is 380. The topological polar surface area (TPSA) is 12.5 Å². The van der Waals surface area contributed by atoms with Gasteiger partial charge < -0.3 is 9.64 Å². The van der Waals surface area contributed by atoms with E-state index in [1.807, 2.05) is 24.1 Å². The largest absolute Gasteiger partial charge is 0.376 e. The summed E-state index contributed by atoms with van der Waals surface area (Å²) in [5.41, 5.74) is 1.60. The Morgan fingerprint density at radius 2 is 2.35 bits per heavy atom. The summed E-state index contributed by atoms with van der Waals surface area (Å²) in [5, 5.41) is 0.680. The zero-order valence-corrected chi connectivity index (χ0v) is 11.5. The maximum Gasteiger partial charge on any atom is 0.146 e. The van der Waals surface area contributed by atoms with Crippen LogP contribution in [0, 0.1) is 5.82 Å². The molecule has 2 rings (SSSR count). The Hall–Kier alpha value is -0.610. The lowest BCUT2D eigenvalue weighted by atomic mass is 10.2. The van der Waals surface area contributed by atoms with E-state index >= 15 is 0 Å². The van der Waals surface area contributed by atoms with Gasteiger partial charge in [-0.2, -0.15) is 0 Å². The van der Waals surface area contributed by atoms with Crippen LogP contribution in [0.1, 0.15) is 18.4 Å². The smallest absolute Gasteiger partial charge is 0.146 e. The van der Waals surface area contributed by atoms with Gasteiger partial charge in [-0.25, -0.2) is 4.39 Å². The molecule has 0 aliphatic carbocycles. The molecule has 0 radical (unpaired) electrons. The van der Waals surface area contributed by atoms with Crippen LogP contribution >= 0.6 is 15.9 Å². The van der Waals surface area contributed by atoms with Crippen molar-refractivity contribution in [1.29, 1.82) is 0 Å². The van der Waals surface area contributed by atoms with Gasteiger partial charge in [-0.1, -0.05) is 22.0 Å². The van der Waals surface area contributed by atoms with Crippen LogP contribution in [0.25, 0.3) is 0 Å². The monoisotopic (exact) mass is 301 g/mol. The van der Waals surface area contributed by atoms with Crippen LogP contribution in [-0.2, 0) is 10.1 Å². The molecule has 1 fully saturated rings. The molecule has 1 aromatic rings. The summed E-state index contributed by atoms with van der Waals surface area (Å²) >= 11 is 3.32. The van der Waals surface area contributed by atoms with E-state index in [4.69, 9.17) is 4.74 Å². The summed E-state index contributed by atoms with van der Waals surface area (Å²) < 4.78 is 19.4. The van der Waals surface area contributed by atoms with E-state index in [1.165, 1.54) is 0 Å². The highest BCUT2D eigenvalue weighted by atomic mass is 79.9. The number of benzene rings is 1. The Morgan fingerprint density at radius 1 is 1.53 bits per heavy atom. The van der Waals surface area contributed by atoms with Gasteiger partial charge in [0.1, 0.15) is 5.82 Å². The van der Waals surface area contributed by atoms with Gasteiger partial charge in [0.05, 0.1) is 11.8 Å². The lowest BCUT2D eigenvalue weighted by molar-refractivity contribution is 0.116. The van der Waals surface area contributed by atoms with E-state index in [2.05, 4.69) is 15.9 Å². The fourth-order valence-electron chi connectivity index (χ4n) is 2.14. The van der Waals surface area contributed by atoms with E-state index in [0.29, 0.717) is 11.0 Å². The third kappa shape index (κ3) is 3.19. The van der Waals surface area contributed by atoms with Gasteiger partial charge in [0.15, 0.2) is 0 Å². The van der Waals surface area contributed by atoms with E-state index in [1.54, 1.807) is 6.07 Å². The van der Waals surface area contributed by atoms with Crippen LogP contribution in [0.15, 0.2) is 18.2 Å². The average Bonchev–Trinajstić information content (AvgIpc) is 2.81. The van der Waals surface area contributed by atoms with Crippen molar-refractivity contribution in [2.45, 2.75) is 24.3 Å². The second-order valence-electron chi connectivity index (χ2n) is 4.43. The van der Waals surface area contributed by atoms with Crippen molar-refractivity contribution >= 4 is 21.6 Å². The van der Waals surface area contributed by atoms with Crippen LogP contribution in [-0.4, -0.2) is 26.3 Å². The molecule has 1 aliphatic heterocycles. The fraction of sp³-hybridized carbons (Fsp3) is 0.538. The zero-order chi connectivity index (χ0) is 12.3. The molecule has 0 bridgehead atoms. The predicted octanol–water partition coefficient (Wildman–Crippen LogP) is 3.34. The number of alkyl halides is 1. The van der Waals surface area contributed by atoms with Crippen LogP contribution < -0.4 is 4.90 Å². The number of rotatable bonds is 4. The average molecular weight is 302 g/mol. The first-order valence-electron chi connectivity index (χ1n) is 5.88. The van der Waals surface area contributed by atoms with Gasteiger partial charge in [-0.05, 0) is 30.5 Å².